The fraction of sp³-hybridized carbons (Fsp3) is 0.130. The van der Waals surface area contributed by atoms with Gasteiger partial charge in [0.15, 0.2) is 5.11 Å². The summed E-state index contributed by atoms with van der Waals surface area (Å²) in [5.74, 6) is 0.650. The maximum atomic E-state index is 11.1. The van der Waals surface area contributed by atoms with Gasteiger partial charge in [0.25, 0.3) is 0 Å². The molecule has 0 aromatic heterocycles. The molecule has 0 bridgehead atoms. The highest BCUT2D eigenvalue weighted by atomic mass is 32.1. The van der Waals surface area contributed by atoms with Gasteiger partial charge in [-0.05, 0) is 66.3 Å². The van der Waals surface area contributed by atoms with E-state index in [0.717, 1.165) is 28.4 Å². The summed E-state index contributed by atoms with van der Waals surface area (Å²) in [4.78, 5) is 13.1. The molecule has 0 aliphatic heterocycles. The second kappa shape index (κ2) is 10.3. The van der Waals surface area contributed by atoms with Crippen molar-refractivity contribution in [2.45, 2.75) is 13.5 Å². The molecule has 0 unspecified atom stereocenters. The zero-order chi connectivity index (χ0) is 21.3. The summed E-state index contributed by atoms with van der Waals surface area (Å²) in [6.07, 6.45) is 0. The topological polar surface area (TPSA) is 65.6 Å². The second-order valence-electron chi connectivity index (χ2n) is 6.58. The summed E-state index contributed by atoms with van der Waals surface area (Å²) in [6.45, 7) is 2.03. The van der Waals surface area contributed by atoms with E-state index in [4.69, 9.17) is 17.0 Å². The highest BCUT2D eigenvalue weighted by Crippen LogP contribution is 2.22. The van der Waals surface area contributed by atoms with Gasteiger partial charge in [-0.3, -0.25) is 15.6 Å². The van der Waals surface area contributed by atoms with Crippen molar-refractivity contribution in [1.82, 2.24) is 5.43 Å². The zero-order valence-corrected chi connectivity index (χ0v) is 17.7. The van der Waals surface area contributed by atoms with E-state index in [-0.39, 0.29) is 5.91 Å². The third-order valence-electron chi connectivity index (χ3n) is 4.33. The maximum absolute atomic E-state index is 11.1. The molecule has 30 heavy (non-hydrogen) atoms. The van der Waals surface area contributed by atoms with E-state index in [1.54, 1.807) is 7.11 Å². The van der Waals surface area contributed by atoms with Crippen LogP contribution in [0.5, 0.6) is 5.75 Å². The highest BCUT2D eigenvalue weighted by molar-refractivity contribution is 7.80. The van der Waals surface area contributed by atoms with Gasteiger partial charge < -0.3 is 15.0 Å². The smallest absolute Gasteiger partial charge is 0.235 e. The quantitative estimate of drug-likeness (QED) is 0.385. The van der Waals surface area contributed by atoms with Gasteiger partial charge >= 0.3 is 0 Å². The number of para-hydroxylation sites is 1. The van der Waals surface area contributed by atoms with Crippen LogP contribution in [0.25, 0.3) is 0 Å². The Bertz CT molecular complexity index is 976. The van der Waals surface area contributed by atoms with Crippen LogP contribution in [0.1, 0.15) is 12.5 Å². The van der Waals surface area contributed by atoms with E-state index in [2.05, 4.69) is 16.2 Å². The summed E-state index contributed by atoms with van der Waals surface area (Å²) >= 11 is 5.72. The number of benzene rings is 3. The van der Waals surface area contributed by atoms with Gasteiger partial charge in [0.2, 0.25) is 5.91 Å². The molecular weight excluding hydrogens is 396 g/mol. The van der Waals surface area contributed by atoms with Crippen LogP contribution in [0.3, 0.4) is 0 Å². The molecule has 0 atom stereocenters. The Balaban J connectivity index is 1.82. The normalized spacial score (nSPS) is 10.1. The minimum atomic E-state index is -0.159. The highest BCUT2D eigenvalue weighted by Gasteiger charge is 2.14. The lowest BCUT2D eigenvalue weighted by Crippen LogP contribution is -2.34. The predicted octanol–water partition coefficient (Wildman–Crippen LogP) is 4.56. The molecule has 3 rings (SSSR count). The number of nitrogens with zero attached hydrogens (tertiary/aromatic N) is 1. The minimum Gasteiger partial charge on any atom is -0.497 e. The molecular formula is C23H24N4O2S. The molecule has 0 aliphatic carbocycles. The number of amides is 1. The number of thiocarbonyl (C=S) groups is 1. The summed E-state index contributed by atoms with van der Waals surface area (Å²) in [6, 6.07) is 25.4. The van der Waals surface area contributed by atoms with Gasteiger partial charge in [-0.1, -0.05) is 30.3 Å². The number of rotatable bonds is 7. The van der Waals surface area contributed by atoms with Crippen LogP contribution in [0, 0.1) is 0 Å². The minimum absolute atomic E-state index is 0.159. The van der Waals surface area contributed by atoms with E-state index in [9.17, 15) is 4.79 Å². The Kier molecular flexibility index (Phi) is 7.24. The zero-order valence-electron chi connectivity index (χ0n) is 16.9. The molecule has 1 amide bonds. The second-order valence-corrected chi connectivity index (χ2v) is 6.97. The Labute approximate surface area is 181 Å². The van der Waals surface area contributed by atoms with Crippen molar-refractivity contribution in [3.05, 3.63) is 84.4 Å². The first-order chi connectivity index (χ1) is 14.5. The molecule has 154 valence electrons. The van der Waals surface area contributed by atoms with Crippen LogP contribution in [0.15, 0.2) is 78.9 Å². The molecule has 0 radical (unpaired) electrons. The molecule has 0 saturated carbocycles. The van der Waals surface area contributed by atoms with Crippen molar-refractivity contribution in [2.24, 2.45) is 0 Å². The fourth-order valence-electron chi connectivity index (χ4n) is 2.79. The first-order valence-corrected chi connectivity index (χ1v) is 9.85. The Morgan fingerprint density at radius 1 is 0.933 bits per heavy atom. The first-order valence-electron chi connectivity index (χ1n) is 9.44. The van der Waals surface area contributed by atoms with Gasteiger partial charge in [-0.15, -0.1) is 0 Å². The van der Waals surface area contributed by atoms with Gasteiger partial charge in [0, 0.05) is 18.3 Å². The molecule has 0 spiro atoms. The number of anilines is 3. The predicted molar refractivity (Wildman–Crippen MR) is 126 cm³/mol. The number of carbonyl (C=O) groups is 1. The van der Waals surface area contributed by atoms with Gasteiger partial charge in [0.1, 0.15) is 5.75 Å². The average molecular weight is 421 g/mol. The van der Waals surface area contributed by atoms with Crippen LogP contribution < -0.4 is 25.8 Å². The van der Waals surface area contributed by atoms with E-state index in [1.807, 2.05) is 83.8 Å². The fourth-order valence-corrected chi connectivity index (χ4v) is 3.08. The standard InChI is InChI=1S/C23H24N4O2S/c1-17(28)25-26-20-10-12-21(13-11-20)27(16-18-8-14-22(29-2)15-9-18)23(30)24-19-6-4-3-5-7-19/h3-15,26H,16H2,1-2H3,(H,24,30)(H,25,28). The molecule has 3 N–H and O–H groups in total. The van der Waals surface area contributed by atoms with Crippen molar-refractivity contribution in [3.63, 3.8) is 0 Å². The van der Waals surface area contributed by atoms with Crippen LogP contribution in [0.4, 0.5) is 17.1 Å². The lowest BCUT2D eigenvalue weighted by atomic mass is 10.2. The lowest BCUT2D eigenvalue weighted by Gasteiger charge is -2.26. The van der Waals surface area contributed by atoms with Crippen molar-refractivity contribution >= 4 is 40.3 Å². The summed E-state index contributed by atoms with van der Waals surface area (Å²) in [5, 5.41) is 3.88. The largest absolute Gasteiger partial charge is 0.497 e. The Hall–Kier alpha value is -3.58. The summed E-state index contributed by atoms with van der Waals surface area (Å²) in [5.41, 5.74) is 9.14. The van der Waals surface area contributed by atoms with Gasteiger partial charge in [0.05, 0.1) is 19.3 Å². The third-order valence-corrected chi connectivity index (χ3v) is 4.65. The average Bonchev–Trinajstić information content (AvgIpc) is 2.77. The molecule has 3 aromatic carbocycles. The SMILES string of the molecule is COc1ccc(CN(C(=S)Nc2ccccc2)c2ccc(NNC(C)=O)cc2)cc1. The summed E-state index contributed by atoms with van der Waals surface area (Å²) in [7, 11) is 1.65. The number of hydrogen-bond acceptors (Lipinski definition) is 4. The Morgan fingerprint density at radius 3 is 2.20 bits per heavy atom. The summed E-state index contributed by atoms with van der Waals surface area (Å²) < 4.78 is 5.25. The number of hydrazine groups is 1. The number of carbonyl (C=O) groups excluding carboxylic acids is 1. The van der Waals surface area contributed by atoms with E-state index in [1.165, 1.54) is 6.92 Å². The molecule has 7 heteroatoms. The molecule has 0 heterocycles. The van der Waals surface area contributed by atoms with E-state index in [0.29, 0.717) is 11.7 Å². The van der Waals surface area contributed by atoms with E-state index >= 15 is 0 Å². The lowest BCUT2D eigenvalue weighted by molar-refractivity contribution is -0.118. The first kappa shape index (κ1) is 21.1. The van der Waals surface area contributed by atoms with Gasteiger partial charge in [-0.25, -0.2) is 0 Å². The molecule has 0 saturated heterocycles. The van der Waals surface area contributed by atoms with E-state index < -0.39 is 0 Å². The number of ether oxygens (including phenoxy) is 1. The maximum Gasteiger partial charge on any atom is 0.235 e. The van der Waals surface area contributed by atoms with Crippen molar-refractivity contribution < 1.29 is 9.53 Å². The molecule has 3 aromatic rings. The van der Waals surface area contributed by atoms with Crippen LogP contribution in [-0.4, -0.2) is 18.1 Å². The number of nitrogens with one attached hydrogen (secondary N) is 3. The monoisotopic (exact) mass is 420 g/mol. The number of hydrogen-bond donors (Lipinski definition) is 3. The van der Waals surface area contributed by atoms with Crippen LogP contribution in [0.2, 0.25) is 0 Å². The van der Waals surface area contributed by atoms with Gasteiger partial charge in [-0.2, -0.15) is 0 Å². The molecule has 0 fully saturated rings. The van der Waals surface area contributed by atoms with Crippen molar-refractivity contribution in [2.75, 3.05) is 22.8 Å². The van der Waals surface area contributed by atoms with Crippen molar-refractivity contribution in [1.29, 1.82) is 0 Å². The third kappa shape index (κ3) is 5.96. The number of methoxy groups -OCH3 is 1. The molecule has 0 aliphatic rings. The van der Waals surface area contributed by atoms with Crippen LogP contribution >= 0.6 is 12.2 Å². The van der Waals surface area contributed by atoms with Crippen molar-refractivity contribution in [3.8, 4) is 5.75 Å². The molecule has 6 nitrogen and oxygen atoms in total. The van der Waals surface area contributed by atoms with Crippen LogP contribution in [-0.2, 0) is 11.3 Å². The Morgan fingerprint density at radius 2 is 1.60 bits per heavy atom.